The van der Waals surface area contributed by atoms with Gasteiger partial charge in [-0.1, -0.05) is 36.8 Å². The molecule has 5 rings (SSSR count). The topological polar surface area (TPSA) is 57.2 Å². The molecule has 0 spiro atoms. The second kappa shape index (κ2) is 9.23. The molecule has 3 heterocycles. The molecule has 1 N–H and O–H groups in total. The van der Waals surface area contributed by atoms with Gasteiger partial charge < -0.3 is 15.0 Å². The number of anilines is 1. The number of ether oxygens (including phenoxy) is 1. The highest BCUT2D eigenvalue weighted by atomic mass is 19.1. The van der Waals surface area contributed by atoms with Crippen molar-refractivity contribution < 1.29 is 13.9 Å². The third-order valence-corrected chi connectivity index (χ3v) is 7.19. The van der Waals surface area contributed by atoms with Crippen molar-refractivity contribution in [1.82, 2.24) is 10.2 Å². The van der Waals surface area contributed by atoms with E-state index in [9.17, 15) is 9.18 Å². The van der Waals surface area contributed by atoms with Crippen molar-refractivity contribution in [2.24, 2.45) is 5.10 Å². The quantitative estimate of drug-likeness (QED) is 0.656. The van der Waals surface area contributed by atoms with E-state index < -0.39 is 5.41 Å². The zero-order valence-corrected chi connectivity index (χ0v) is 19.1. The number of hydrogen-bond donors (Lipinski definition) is 1. The summed E-state index contributed by atoms with van der Waals surface area (Å²) >= 11 is 0. The smallest absolute Gasteiger partial charge is 0.176 e. The summed E-state index contributed by atoms with van der Waals surface area (Å²) in [6.07, 6.45) is 2.81. The number of benzene rings is 2. The Labute approximate surface area is 194 Å². The normalized spacial score (nSPS) is 24.6. The van der Waals surface area contributed by atoms with Crippen LogP contribution in [0.2, 0.25) is 0 Å². The second-order valence-electron chi connectivity index (χ2n) is 9.17. The molecular weight excluding hydrogens is 419 g/mol. The number of hydrazone groups is 1. The number of nitrogens with one attached hydrogen (secondary N) is 1. The molecule has 0 radical (unpaired) electrons. The number of piperazine rings is 1. The minimum Gasteiger partial charge on any atom is -0.489 e. The zero-order chi connectivity index (χ0) is 22.8. The van der Waals surface area contributed by atoms with E-state index in [4.69, 9.17) is 9.84 Å². The van der Waals surface area contributed by atoms with Crippen LogP contribution in [0.1, 0.15) is 31.7 Å². The average molecular weight is 451 g/mol. The SMILES string of the molecule is CC(=O)C1=NN2c3cc(F)ccc3OCC2[C@@]1(CCCCN1CCNCC1)c1ccccc1. The summed E-state index contributed by atoms with van der Waals surface area (Å²) in [5.41, 5.74) is 1.60. The summed E-state index contributed by atoms with van der Waals surface area (Å²) in [6.45, 7) is 7.28. The van der Waals surface area contributed by atoms with Crippen molar-refractivity contribution in [2.75, 3.05) is 44.3 Å². The number of nitrogens with zero attached hydrogens (tertiary/aromatic N) is 3. The monoisotopic (exact) mass is 450 g/mol. The maximum absolute atomic E-state index is 14.1. The lowest BCUT2D eigenvalue weighted by Gasteiger charge is -2.41. The lowest BCUT2D eigenvalue weighted by atomic mass is 9.67. The first-order valence-corrected chi connectivity index (χ1v) is 11.9. The largest absolute Gasteiger partial charge is 0.489 e. The highest BCUT2D eigenvalue weighted by Crippen LogP contribution is 2.48. The van der Waals surface area contributed by atoms with Gasteiger partial charge in [-0.15, -0.1) is 0 Å². The summed E-state index contributed by atoms with van der Waals surface area (Å²) in [4.78, 5) is 15.4. The minimum absolute atomic E-state index is 0.0479. The predicted octanol–water partition coefficient (Wildman–Crippen LogP) is 3.37. The summed E-state index contributed by atoms with van der Waals surface area (Å²) in [5.74, 6) is 0.209. The Morgan fingerprint density at radius 1 is 1.18 bits per heavy atom. The summed E-state index contributed by atoms with van der Waals surface area (Å²) < 4.78 is 20.2. The van der Waals surface area contributed by atoms with E-state index in [2.05, 4.69) is 22.3 Å². The van der Waals surface area contributed by atoms with Gasteiger partial charge in [0.15, 0.2) is 5.78 Å². The number of carbonyl (C=O) groups is 1. The van der Waals surface area contributed by atoms with E-state index in [1.54, 1.807) is 13.0 Å². The number of unbranched alkanes of at least 4 members (excludes halogenated alkanes) is 1. The molecule has 33 heavy (non-hydrogen) atoms. The number of hydrogen-bond acceptors (Lipinski definition) is 6. The van der Waals surface area contributed by atoms with Crippen LogP contribution < -0.4 is 15.1 Å². The Balaban J connectivity index is 1.48. The number of Topliss-reactive ketones (excluding diaryl/α,β-unsaturated/α-hetero) is 1. The van der Waals surface area contributed by atoms with E-state index in [1.165, 1.54) is 12.1 Å². The third kappa shape index (κ3) is 4.04. The molecule has 1 saturated heterocycles. The van der Waals surface area contributed by atoms with Crippen molar-refractivity contribution >= 4 is 17.2 Å². The molecule has 2 atom stereocenters. The van der Waals surface area contributed by atoms with Crippen LogP contribution in [-0.2, 0) is 10.2 Å². The molecule has 0 aromatic heterocycles. The van der Waals surface area contributed by atoms with Crippen LogP contribution in [0.3, 0.4) is 0 Å². The van der Waals surface area contributed by atoms with Gasteiger partial charge in [-0.25, -0.2) is 4.39 Å². The number of ketones is 1. The van der Waals surface area contributed by atoms with E-state index >= 15 is 0 Å². The van der Waals surface area contributed by atoms with Crippen LogP contribution in [-0.4, -0.2) is 61.8 Å². The summed E-state index contributed by atoms with van der Waals surface area (Å²) in [5, 5.41) is 10.1. The van der Waals surface area contributed by atoms with Gasteiger partial charge in [0.25, 0.3) is 0 Å². The molecule has 0 amide bonds. The Hall–Kier alpha value is -2.77. The van der Waals surface area contributed by atoms with Gasteiger partial charge in [0.2, 0.25) is 0 Å². The minimum atomic E-state index is -0.597. The maximum Gasteiger partial charge on any atom is 0.176 e. The van der Waals surface area contributed by atoms with Crippen LogP contribution >= 0.6 is 0 Å². The van der Waals surface area contributed by atoms with Gasteiger partial charge >= 0.3 is 0 Å². The fourth-order valence-corrected chi connectivity index (χ4v) is 5.58. The molecule has 3 aliphatic heterocycles. The highest BCUT2D eigenvalue weighted by Gasteiger charge is 2.55. The first-order chi connectivity index (χ1) is 16.1. The number of halogens is 1. The molecule has 0 saturated carbocycles. The first-order valence-electron chi connectivity index (χ1n) is 11.9. The maximum atomic E-state index is 14.1. The molecule has 2 aromatic carbocycles. The Morgan fingerprint density at radius 2 is 1.97 bits per heavy atom. The van der Waals surface area contributed by atoms with E-state index in [1.807, 2.05) is 23.2 Å². The summed E-state index contributed by atoms with van der Waals surface area (Å²) in [6, 6.07) is 14.5. The lowest BCUT2D eigenvalue weighted by Crippen LogP contribution is -2.53. The molecule has 0 aliphatic carbocycles. The van der Waals surface area contributed by atoms with Crippen molar-refractivity contribution in [3.8, 4) is 5.75 Å². The molecule has 7 heteroatoms. The van der Waals surface area contributed by atoms with Crippen molar-refractivity contribution in [1.29, 1.82) is 0 Å². The van der Waals surface area contributed by atoms with Gasteiger partial charge in [-0.05, 0) is 37.1 Å². The van der Waals surface area contributed by atoms with Gasteiger partial charge in [0.1, 0.15) is 35.6 Å². The second-order valence-corrected chi connectivity index (χ2v) is 9.17. The fraction of sp³-hybridized carbons (Fsp3) is 0.462. The van der Waals surface area contributed by atoms with Crippen LogP contribution in [0, 0.1) is 5.82 Å². The van der Waals surface area contributed by atoms with Crippen molar-refractivity contribution in [3.63, 3.8) is 0 Å². The van der Waals surface area contributed by atoms with Crippen LogP contribution in [0.15, 0.2) is 53.6 Å². The molecule has 0 bridgehead atoms. The van der Waals surface area contributed by atoms with Crippen molar-refractivity contribution in [2.45, 2.75) is 37.6 Å². The van der Waals surface area contributed by atoms with Crippen LogP contribution in [0.4, 0.5) is 10.1 Å². The van der Waals surface area contributed by atoms with Gasteiger partial charge in [-0.2, -0.15) is 5.10 Å². The van der Waals surface area contributed by atoms with E-state index in [0.717, 1.165) is 57.5 Å². The Kier molecular flexibility index (Phi) is 6.17. The zero-order valence-electron chi connectivity index (χ0n) is 19.1. The third-order valence-electron chi connectivity index (χ3n) is 7.19. The van der Waals surface area contributed by atoms with E-state index in [-0.39, 0.29) is 17.6 Å². The number of rotatable bonds is 7. The Morgan fingerprint density at radius 3 is 2.73 bits per heavy atom. The van der Waals surface area contributed by atoms with Crippen LogP contribution in [0.25, 0.3) is 0 Å². The molecule has 1 fully saturated rings. The fourth-order valence-electron chi connectivity index (χ4n) is 5.58. The molecular formula is C26H31FN4O2. The predicted molar refractivity (Wildman–Crippen MR) is 128 cm³/mol. The molecule has 1 unspecified atom stereocenters. The molecule has 174 valence electrons. The molecule has 3 aliphatic rings. The average Bonchev–Trinajstić information content (AvgIpc) is 3.19. The number of fused-ring (bicyclic) bond motifs is 3. The van der Waals surface area contributed by atoms with Gasteiger partial charge in [0.05, 0.1) is 5.41 Å². The summed E-state index contributed by atoms with van der Waals surface area (Å²) in [7, 11) is 0. The molecule has 2 aromatic rings. The van der Waals surface area contributed by atoms with Crippen molar-refractivity contribution in [3.05, 3.63) is 59.9 Å². The molecule has 6 nitrogen and oxygen atoms in total. The van der Waals surface area contributed by atoms with Crippen LogP contribution in [0.5, 0.6) is 5.75 Å². The van der Waals surface area contributed by atoms with E-state index in [0.29, 0.717) is 23.8 Å². The first kappa shape index (κ1) is 22.0. The number of carbonyl (C=O) groups excluding carboxylic acids is 1. The highest BCUT2D eigenvalue weighted by molar-refractivity contribution is 6.43. The lowest BCUT2D eigenvalue weighted by molar-refractivity contribution is -0.111. The van der Waals surface area contributed by atoms with Gasteiger partial charge in [-0.3, -0.25) is 9.80 Å². The Bertz CT molecular complexity index is 1040. The standard InChI is InChI=1S/C26H31FN4O2/c1-19(32)25-26(20-7-3-2-4-8-20,11-5-6-14-30-15-12-28-13-16-30)24-18-33-23-10-9-21(27)17-22(23)31(24)29-25/h2-4,7-10,17,24,28H,5-6,11-16,18H2,1H3/t24?,26-/m1/s1. The van der Waals surface area contributed by atoms with Gasteiger partial charge in [0, 0.05) is 39.2 Å².